The molecule has 2 aromatic carbocycles. The third-order valence-corrected chi connectivity index (χ3v) is 7.94. The van der Waals surface area contributed by atoms with Crippen LogP contribution in [0.3, 0.4) is 0 Å². The Kier molecular flexibility index (Phi) is 6.89. The predicted molar refractivity (Wildman–Crippen MR) is 124 cm³/mol. The average Bonchev–Trinajstić information content (AvgIpc) is 3.15. The molecule has 0 radical (unpaired) electrons. The number of hydrogen-bond donors (Lipinski definition) is 0. The molecule has 2 aromatic rings. The summed E-state index contributed by atoms with van der Waals surface area (Å²) in [6.07, 6.45) is 0.487. The zero-order valence-electron chi connectivity index (χ0n) is 18.1. The van der Waals surface area contributed by atoms with Crippen LogP contribution in [-0.4, -0.2) is 74.4 Å². The van der Waals surface area contributed by atoms with Crippen LogP contribution in [0, 0.1) is 11.3 Å². The summed E-state index contributed by atoms with van der Waals surface area (Å²) < 4.78 is 24.1. The van der Waals surface area contributed by atoms with Crippen molar-refractivity contribution in [1.29, 1.82) is 5.26 Å². The molecule has 1 atom stereocenters. The molecule has 32 heavy (non-hydrogen) atoms. The predicted octanol–water partition coefficient (Wildman–Crippen LogP) is 1.90. The Labute approximate surface area is 189 Å². The Hall–Kier alpha value is -2.73. The number of carbonyl (C=O) groups is 1. The highest BCUT2D eigenvalue weighted by atomic mass is 32.2. The first-order valence-corrected chi connectivity index (χ1v) is 12.8. The molecule has 0 bridgehead atoms. The van der Waals surface area contributed by atoms with E-state index in [0.717, 1.165) is 38.4 Å². The standard InChI is InChI=1S/C24H28N4O3S/c25-16-20-6-8-21(9-7-20)17-26-11-13-27(14-12-26)18-24(29)28(22-4-2-1-3-5-22)23-10-15-32(30,31)19-23/h1-9,23H,10-15,17-19H2. The lowest BCUT2D eigenvalue weighted by Gasteiger charge is -2.36. The Morgan fingerprint density at radius 2 is 1.66 bits per heavy atom. The molecular formula is C24H28N4O3S. The lowest BCUT2D eigenvalue weighted by atomic mass is 10.1. The van der Waals surface area contributed by atoms with Crippen LogP contribution in [0.15, 0.2) is 54.6 Å². The van der Waals surface area contributed by atoms with Gasteiger partial charge in [0.05, 0.1) is 35.7 Å². The van der Waals surface area contributed by atoms with Crippen LogP contribution in [0.5, 0.6) is 0 Å². The number of benzene rings is 2. The zero-order chi connectivity index (χ0) is 22.6. The van der Waals surface area contributed by atoms with Gasteiger partial charge in [-0.05, 0) is 36.2 Å². The van der Waals surface area contributed by atoms with E-state index in [-0.39, 0.29) is 30.0 Å². The molecule has 2 aliphatic heterocycles. The van der Waals surface area contributed by atoms with Gasteiger partial charge in [-0.15, -0.1) is 0 Å². The minimum atomic E-state index is -3.09. The molecule has 0 aliphatic carbocycles. The number of hydrogen-bond acceptors (Lipinski definition) is 6. The molecule has 7 nitrogen and oxygen atoms in total. The van der Waals surface area contributed by atoms with Crippen molar-refractivity contribution in [3.63, 3.8) is 0 Å². The second-order valence-electron chi connectivity index (χ2n) is 8.52. The van der Waals surface area contributed by atoms with Crippen molar-refractivity contribution in [1.82, 2.24) is 9.80 Å². The molecule has 0 saturated carbocycles. The smallest absolute Gasteiger partial charge is 0.241 e. The summed E-state index contributed by atoms with van der Waals surface area (Å²) in [5.41, 5.74) is 2.60. The van der Waals surface area contributed by atoms with Crippen molar-refractivity contribution >= 4 is 21.4 Å². The van der Waals surface area contributed by atoms with E-state index in [2.05, 4.69) is 15.9 Å². The lowest BCUT2D eigenvalue weighted by Crippen LogP contribution is -2.51. The number of carbonyl (C=O) groups excluding carboxylic acids is 1. The van der Waals surface area contributed by atoms with E-state index in [1.807, 2.05) is 54.6 Å². The average molecular weight is 453 g/mol. The second-order valence-corrected chi connectivity index (χ2v) is 10.7. The minimum Gasteiger partial charge on any atom is -0.307 e. The summed E-state index contributed by atoms with van der Waals surface area (Å²) in [5.74, 6) is 0.132. The first-order chi connectivity index (χ1) is 15.4. The van der Waals surface area contributed by atoms with E-state index >= 15 is 0 Å². The van der Waals surface area contributed by atoms with Crippen molar-refractivity contribution in [2.24, 2.45) is 0 Å². The fourth-order valence-electron chi connectivity index (χ4n) is 4.44. The molecule has 1 unspecified atom stereocenters. The number of sulfone groups is 1. The van der Waals surface area contributed by atoms with Crippen LogP contribution in [0.1, 0.15) is 17.5 Å². The molecule has 2 fully saturated rings. The van der Waals surface area contributed by atoms with Crippen molar-refractivity contribution in [2.45, 2.75) is 19.0 Å². The molecule has 1 amide bonds. The quantitative estimate of drug-likeness (QED) is 0.666. The van der Waals surface area contributed by atoms with Crippen LogP contribution >= 0.6 is 0 Å². The van der Waals surface area contributed by atoms with Crippen molar-refractivity contribution in [2.75, 3.05) is 49.1 Å². The Bertz CT molecular complexity index is 1070. The van der Waals surface area contributed by atoms with Crippen molar-refractivity contribution in [3.05, 3.63) is 65.7 Å². The van der Waals surface area contributed by atoms with Crippen molar-refractivity contribution < 1.29 is 13.2 Å². The maximum atomic E-state index is 13.3. The third kappa shape index (κ3) is 5.54. The molecule has 2 heterocycles. The van der Waals surface area contributed by atoms with E-state index in [1.165, 1.54) is 5.56 Å². The molecule has 8 heteroatoms. The van der Waals surface area contributed by atoms with Gasteiger partial charge in [-0.2, -0.15) is 5.26 Å². The molecule has 168 valence electrons. The Balaban J connectivity index is 1.35. The van der Waals surface area contributed by atoms with Gasteiger partial charge in [0.2, 0.25) is 5.91 Å². The fourth-order valence-corrected chi connectivity index (χ4v) is 6.14. The Morgan fingerprint density at radius 3 is 2.25 bits per heavy atom. The third-order valence-electron chi connectivity index (χ3n) is 6.19. The van der Waals surface area contributed by atoms with Crippen LogP contribution in [0.2, 0.25) is 0 Å². The number of rotatable bonds is 6. The molecule has 2 saturated heterocycles. The zero-order valence-corrected chi connectivity index (χ0v) is 18.9. The van der Waals surface area contributed by atoms with Crippen molar-refractivity contribution in [3.8, 4) is 6.07 Å². The second kappa shape index (κ2) is 9.82. The first-order valence-electron chi connectivity index (χ1n) is 10.9. The van der Waals surface area contributed by atoms with E-state index in [1.54, 1.807) is 4.90 Å². The lowest BCUT2D eigenvalue weighted by molar-refractivity contribution is -0.120. The summed E-state index contributed by atoms with van der Waals surface area (Å²) >= 11 is 0. The highest BCUT2D eigenvalue weighted by Crippen LogP contribution is 2.25. The van der Waals surface area contributed by atoms with Crippen LogP contribution < -0.4 is 4.90 Å². The minimum absolute atomic E-state index is 0.0337. The first kappa shape index (κ1) is 22.5. The van der Waals surface area contributed by atoms with Crippen LogP contribution in [0.4, 0.5) is 5.69 Å². The molecule has 4 rings (SSSR count). The van der Waals surface area contributed by atoms with Gasteiger partial charge in [-0.3, -0.25) is 14.6 Å². The van der Waals surface area contributed by atoms with Gasteiger partial charge in [-0.1, -0.05) is 30.3 Å². The number of piperazine rings is 1. The molecular weight excluding hydrogens is 424 g/mol. The molecule has 0 aromatic heterocycles. The van der Waals surface area contributed by atoms with E-state index in [9.17, 15) is 13.2 Å². The monoisotopic (exact) mass is 452 g/mol. The summed E-state index contributed by atoms with van der Waals surface area (Å²) in [6, 6.07) is 18.9. The van der Waals surface area contributed by atoms with Crippen LogP contribution in [0.25, 0.3) is 0 Å². The molecule has 2 aliphatic rings. The largest absolute Gasteiger partial charge is 0.307 e. The van der Waals surface area contributed by atoms with Gasteiger partial charge in [0.15, 0.2) is 9.84 Å². The van der Waals surface area contributed by atoms with Gasteiger partial charge < -0.3 is 4.90 Å². The van der Waals surface area contributed by atoms with Gasteiger partial charge in [0, 0.05) is 38.4 Å². The normalized spacial score (nSPS) is 21.2. The Morgan fingerprint density at radius 1 is 1.00 bits per heavy atom. The highest BCUT2D eigenvalue weighted by Gasteiger charge is 2.36. The number of nitriles is 1. The molecule has 0 N–H and O–H groups in total. The topological polar surface area (TPSA) is 84.7 Å². The van der Waals surface area contributed by atoms with Crippen LogP contribution in [-0.2, 0) is 21.2 Å². The molecule has 0 spiro atoms. The number of para-hydroxylation sites is 1. The summed E-state index contributed by atoms with van der Waals surface area (Å²) in [6.45, 7) is 4.40. The number of nitrogens with zero attached hydrogens (tertiary/aromatic N) is 4. The van der Waals surface area contributed by atoms with E-state index in [0.29, 0.717) is 12.0 Å². The van der Waals surface area contributed by atoms with E-state index in [4.69, 9.17) is 5.26 Å². The summed E-state index contributed by atoms with van der Waals surface area (Å²) in [4.78, 5) is 19.5. The van der Waals surface area contributed by atoms with Gasteiger partial charge >= 0.3 is 0 Å². The van der Waals surface area contributed by atoms with Gasteiger partial charge in [0.1, 0.15) is 0 Å². The number of amides is 1. The summed E-state index contributed by atoms with van der Waals surface area (Å²) in [7, 11) is -3.09. The maximum absolute atomic E-state index is 13.3. The maximum Gasteiger partial charge on any atom is 0.241 e. The SMILES string of the molecule is N#Cc1ccc(CN2CCN(CC(=O)N(c3ccccc3)C3CCS(=O)(=O)C3)CC2)cc1. The number of anilines is 1. The summed E-state index contributed by atoms with van der Waals surface area (Å²) in [5, 5.41) is 8.93. The van der Waals surface area contributed by atoms with Gasteiger partial charge in [0.25, 0.3) is 0 Å². The van der Waals surface area contributed by atoms with Gasteiger partial charge in [-0.25, -0.2) is 8.42 Å². The fraction of sp³-hybridized carbons (Fsp3) is 0.417. The highest BCUT2D eigenvalue weighted by molar-refractivity contribution is 7.91. The van der Waals surface area contributed by atoms with E-state index < -0.39 is 9.84 Å².